The molecule has 0 amide bonds. The van der Waals surface area contributed by atoms with Crippen LogP contribution in [-0.4, -0.2) is 11.2 Å². The van der Waals surface area contributed by atoms with Gasteiger partial charge in [-0.15, -0.1) is 0 Å². The summed E-state index contributed by atoms with van der Waals surface area (Å²) in [5.74, 6) is 0.609. The van der Waals surface area contributed by atoms with E-state index in [9.17, 15) is 5.11 Å². The van der Waals surface area contributed by atoms with Crippen molar-refractivity contribution in [1.82, 2.24) is 0 Å². The Kier molecular flexibility index (Phi) is 5.39. The van der Waals surface area contributed by atoms with E-state index >= 15 is 0 Å². The molecule has 20 heavy (non-hydrogen) atoms. The number of benzene rings is 1. The zero-order valence-corrected chi connectivity index (χ0v) is 13.8. The molecule has 1 N–H and O–H groups in total. The van der Waals surface area contributed by atoms with E-state index in [2.05, 4.69) is 13.8 Å². The first kappa shape index (κ1) is 16.1. The van der Waals surface area contributed by atoms with Crippen molar-refractivity contribution in [2.45, 2.75) is 58.5 Å². The zero-order valence-electron chi connectivity index (χ0n) is 12.3. The lowest BCUT2D eigenvalue weighted by atomic mass is 9.72. The van der Waals surface area contributed by atoms with Crippen LogP contribution in [0.1, 0.15) is 51.5 Å². The number of hydrogen-bond acceptors (Lipinski definition) is 1. The smallest absolute Gasteiger partial charge is 0.0637 e. The van der Waals surface area contributed by atoms with Crippen LogP contribution in [0.15, 0.2) is 18.2 Å². The molecule has 0 radical (unpaired) electrons. The van der Waals surface area contributed by atoms with Gasteiger partial charge in [-0.05, 0) is 54.4 Å². The van der Waals surface area contributed by atoms with E-state index in [-0.39, 0.29) is 11.5 Å². The minimum absolute atomic E-state index is 0.0693. The SMILES string of the molecule is CC(C)CC1(C(O)Cc2cc(Cl)ccc2Cl)CCCC1. The second kappa shape index (κ2) is 6.68. The number of halogens is 2. The highest BCUT2D eigenvalue weighted by molar-refractivity contribution is 6.33. The lowest BCUT2D eigenvalue weighted by molar-refractivity contribution is 0.0134. The van der Waals surface area contributed by atoms with E-state index in [1.165, 1.54) is 12.8 Å². The Morgan fingerprint density at radius 2 is 1.85 bits per heavy atom. The summed E-state index contributed by atoms with van der Waals surface area (Å²) in [6.45, 7) is 4.47. The Morgan fingerprint density at radius 1 is 1.20 bits per heavy atom. The molecule has 3 heteroatoms. The highest BCUT2D eigenvalue weighted by Crippen LogP contribution is 2.47. The van der Waals surface area contributed by atoms with E-state index in [1.807, 2.05) is 12.1 Å². The highest BCUT2D eigenvalue weighted by atomic mass is 35.5. The molecule has 1 aliphatic carbocycles. The Bertz CT molecular complexity index is 450. The van der Waals surface area contributed by atoms with Gasteiger partial charge >= 0.3 is 0 Å². The molecule has 1 fully saturated rings. The average molecular weight is 315 g/mol. The summed E-state index contributed by atoms with van der Waals surface area (Å²) in [5.41, 5.74) is 1.03. The third-order valence-electron chi connectivity index (χ3n) is 4.54. The summed E-state index contributed by atoms with van der Waals surface area (Å²) >= 11 is 12.3. The molecule has 1 aromatic carbocycles. The van der Waals surface area contributed by atoms with Gasteiger partial charge in [-0.3, -0.25) is 0 Å². The highest BCUT2D eigenvalue weighted by Gasteiger charge is 2.40. The summed E-state index contributed by atoms with van der Waals surface area (Å²) < 4.78 is 0. The van der Waals surface area contributed by atoms with E-state index in [0.717, 1.165) is 24.8 Å². The van der Waals surface area contributed by atoms with Crippen molar-refractivity contribution in [1.29, 1.82) is 0 Å². The standard InChI is InChI=1S/C17H24Cl2O/c1-12(2)11-17(7-3-4-8-17)16(20)10-13-9-14(18)5-6-15(13)19/h5-6,9,12,16,20H,3-4,7-8,10-11H2,1-2H3. The third kappa shape index (κ3) is 3.69. The van der Waals surface area contributed by atoms with Crippen molar-refractivity contribution in [2.75, 3.05) is 0 Å². The number of aliphatic hydroxyl groups excluding tert-OH is 1. The van der Waals surface area contributed by atoms with Crippen molar-refractivity contribution in [2.24, 2.45) is 11.3 Å². The van der Waals surface area contributed by atoms with Crippen LogP contribution >= 0.6 is 23.2 Å². The summed E-state index contributed by atoms with van der Waals surface area (Å²) in [7, 11) is 0. The fraction of sp³-hybridized carbons (Fsp3) is 0.647. The van der Waals surface area contributed by atoms with Crippen LogP contribution in [-0.2, 0) is 6.42 Å². The minimum Gasteiger partial charge on any atom is -0.392 e. The lowest BCUT2D eigenvalue weighted by Crippen LogP contribution is -2.35. The van der Waals surface area contributed by atoms with Crippen LogP contribution in [0.2, 0.25) is 10.0 Å². The third-order valence-corrected chi connectivity index (χ3v) is 5.15. The van der Waals surface area contributed by atoms with E-state index < -0.39 is 0 Å². The molecule has 112 valence electrons. The Morgan fingerprint density at radius 3 is 2.45 bits per heavy atom. The molecule has 1 aliphatic rings. The second-order valence-corrected chi connectivity index (χ2v) is 7.47. The molecule has 0 aromatic heterocycles. The largest absolute Gasteiger partial charge is 0.392 e. The van der Waals surface area contributed by atoms with Crippen molar-refractivity contribution < 1.29 is 5.11 Å². The van der Waals surface area contributed by atoms with Gasteiger partial charge in [-0.1, -0.05) is 49.9 Å². The van der Waals surface area contributed by atoms with Crippen LogP contribution in [0.4, 0.5) is 0 Å². The maximum absolute atomic E-state index is 10.8. The number of aliphatic hydroxyl groups is 1. The number of hydrogen-bond donors (Lipinski definition) is 1. The van der Waals surface area contributed by atoms with Crippen molar-refractivity contribution in [3.8, 4) is 0 Å². The van der Waals surface area contributed by atoms with Crippen molar-refractivity contribution in [3.05, 3.63) is 33.8 Å². The van der Waals surface area contributed by atoms with Gasteiger partial charge in [0.25, 0.3) is 0 Å². The minimum atomic E-state index is -0.330. The van der Waals surface area contributed by atoms with Crippen LogP contribution in [0.3, 0.4) is 0 Å². The topological polar surface area (TPSA) is 20.2 Å². The molecule has 0 bridgehead atoms. The van der Waals surface area contributed by atoms with Gasteiger partial charge in [0.1, 0.15) is 0 Å². The molecule has 1 unspecified atom stereocenters. The van der Waals surface area contributed by atoms with Gasteiger partial charge in [0.05, 0.1) is 6.10 Å². The van der Waals surface area contributed by atoms with E-state index in [1.54, 1.807) is 6.07 Å². The first-order valence-corrected chi connectivity index (χ1v) is 8.30. The fourth-order valence-corrected chi connectivity index (χ4v) is 4.08. The van der Waals surface area contributed by atoms with Crippen LogP contribution < -0.4 is 0 Å². The van der Waals surface area contributed by atoms with Crippen LogP contribution in [0.5, 0.6) is 0 Å². The molecule has 0 saturated heterocycles. The monoisotopic (exact) mass is 314 g/mol. The van der Waals surface area contributed by atoms with Crippen LogP contribution in [0.25, 0.3) is 0 Å². The maximum Gasteiger partial charge on any atom is 0.0637 e. The van der Waals surface area contributed by atoms with Gasteiger partial charge in [0.15, 0.2) is 0 Å². The van der Waals surface area contributed by atoms with E-state index in [4.69, 9.17) is 23.2 Å². The zero-order chi connectivity index (χ0) is 14.8. The average Bonchev–Trinajstić information content (AvgIpc) is 2.82. The van der Waals surface area contributed by atoms with Gasteiger partial charge in [-0.2, -0.15) is 0 Å². The molecule has 1 aromatic rings. The quantitative estimate of drug-likeness (QED) is 0.760. The van der Waals surface area contributed by atoms with E-state index in [0.29, 0.717) is 22.4 Å². The molecule has 2 rings (SSSR count). The maximum atomic E-state index is 10.8. The van der Waals surface area contributed by atoms with Gasteiger partial charge in [-0.25, -0.2) is 0 Å². The normalized spacial score (nSPS) is 19.5. The van der Waals surface area contributed by atoms with Crippen molar-refractivity contribution in [3.63, 3.8) is 0 Å². The van der Waals surface area contributed by atoms with Gasteiger partial charge in [0.2, 0.25) is 0 Å². The molecule has 0 spiro atoms. The lowest BCUT2D eigenvalue weighted by Gasteiger charge is -2.36. The molecule has 0 heterocycles. The van der Waals surface area contributed by atoms with Crippen molar-refractivity contribution >= 4 is 23.2 Å². The Labute approximate surface area is 132 Å². The molecule has 0 aliphatic heterocycles. The first-order valence-electron chi connectivity index (χ1n) is 7.55. The molecule has 1 saturated carbocycles. The molecular formula is C17H24Cl2O. The summed E-state index contributed by atoms with van der Waals surface area (Å²) in [6.07, 6.45) is 6.08. The fourth-order valence-electron chi connectivity index (χ4n) is 3.69. The number of rotatable bonds is 5. The summed E-state index contributed by atoms with van der Waals surface area (Å²) in [5, 5.41) is 12.2. The Balaban J connectivity index is 2.16. The van der Waals surface area contributed by atoms with Gasteiger partial charge in [0, 0.05) is 16.5 Å². The Hall–Kier alpha value is -0.240. The first-order chi connectivity index (χ1) is 9.43. The molecular weight excluding hydrogens is 291 g/mol. The summed E-state index contributed by atoms with van der Waals surface area (Å²) in [6, 6.07) is 5.49. The van der Waals surface area contributed by atoms with Crippen LogP contribution in [0, 0.1) is 11.3 Å². The van der Waals surface area contributed by atoms with Gasteiger partial charge < -0.3 is 5.11 Å². The summed E-state index contributed by atoms with van der Waals surface area (Å²) in [4.78, 5) is 0. The molecule has 1 atom stereocenters. The molecule has 1 nitrogen and oxygen atoms in total. The predicted molar refractivity (Wildman–Crippen MR) is 86.5 cm³/mol. The second-order valence-electron chi connectivity index (χ2n) is 6.62. The predicted octanol–water partition coefficient (Wildman–Crippen LogP) is 5.50.